The molecule has 1 aromatic rings. The number of rotatable bonds is 8. The monoisotopic (exact) mass is 224 g/mol. The first kappa shape index (κ1) is 12.9. The minimum Gasteiger partial charge on any atom is -0.475 e. The lowest BCUT2D eigenvalue weighted by Crippen LogP contribution is -2.10. The number of pyridine rings is 1. The van der Waals surface area contributed by atoms with Crippen LogP contribution >= 0.6 is 0 Å². The lowest BCUT2D eigenvalue weighted by atomic mass is 10.3. The van der Waals surface area contributed by atoms with Gasteiger partial charge in [-0.2, -0.15) is 0 Å². The third-order valence-corrected chi connectivity index (χ3v) is 1.97. The highest BCUT2D eigenvalue weighted by molar-refractivity contribution is 5.15. The maximum absolute atomic E-state index is 5.48. The number of nitrogens with zero attached hydrogens (tertiary/aromatic N) is 1. The van der Waals surface area contributed by atoms with Gasteiger partial charge >= 0.3 is 0 Å². The van der Waals surface area contributed by atoms with Gasteiger partial charge in [0.25, 0.3) is 0 Å². The van der Waals surface area contributed by atoms with Gasteiger partial charge < -0.3 is 14.8 Å². The summed E-state index contributed by atoms with van der Waals surface area (Å²) in [5.74, 6) is 0.660. The van der Waals surface area contributed by atoms with Crippen molar-refractivity contribution < 1.29 is 9.47 Å². The Morgan fingerprint density at radius 1 is 1.25 bits per heavy atom. The standard InChI is InChI=1S/C12H20N2O2/c1-3-7-15-8-9-16-12-6-4-5-11(14-12)10-13-2/h4-6,13H,3,7-10H2,1-2H3. The fourth-order valence-electron chi connectivity index (χ4n) is 1.27. The van der Waals surface area contributed by atoms with Crippen molar-refractivity contribution in [3.63, 3.8) is 0 Å². The first-order valence-electron chi connectivity index (χ1n) is 5.68. The predicted octanol–water partition coefficient (Wildman–Crippen LogP) is 1.61. The molecule has 0 amide bonds. The predicted molar refractivity (Wildman–Crippen MR) is 63.6 cm³/mol. The fraction of sp³-hybridized carbons (Fsp3) is 0.583. The van der Waals surface area contributed by atoms with Crippen molar-refractivity contribution in [2.75, 3.05) is 26.9 Å². The maximum atomic E-state index is 5.48. The van der Waals surface area contributed by atoms with Crippen LogP contribution in [0.25, 0.3) is 0 Å². The van der Waals surface area contributed by atoms with Crippen molar-refractivity contribution in [2.24, 2.45) is 0 Å². The van der Waals surface area contributed by atoms with Gasteiger partial charge in [-0.15, -0.1) is 0 Å². The van der Waals surface area contributed by atoms with E-state index >= 15 is 0 Å². The summed E-state index contributed by atoms with van der Waals surface area (Å²) in [6.45, 7) is 4.80. The second kappa shape index (κ2) is 8.07. The fourth-order valence-corrected chi connectivity index (χ4v) is 1.27. The van der Waals surface area contributed by atoms with Gasteiger partial charge in [0, 0.05) is 19.2 Å². The average molecular weight is 224 g/mol. The van der Waals surface area contributed by atoms with Crippen molar-refractivity contribution in [2.45, 2.75) is 19.9 Å². The molecule has 0 atom stereocenters. The summed E-state index contributed by atoms with van der Waals surface area (Å²) >= 11 is 0. The van der Waals surface area contributed by atoms with Gasteiger partial charge in [-0.05, 0) is 19.5 Å². The first-order valence-corrected chi connectivity index (χ1v) is 5.68. The van der Waals surface area contributed by atoms with Gasteiger partial charge in [-0.25, -0.2) is 4.98 Å². The minimum absolute atomic E-state index is 0.552. The van der Waals surface area contributed by atoms with E-state index in [-0.39, 0.29) is 0 Å². The molecule has 1 N–H and O–H groups in total. The molecule has 0 aliphatic heterocycles. The Bertz CT molecular complexity index is 292. The summed E-state index contributed by atoms with van der Waals surface area (Å²) in [6, 6.07) is 5.78. The van der Waals surface area contributed by atoms with E-state index in [1.165, 1.54) is 0 Å². The molecule has 0 unspecified atom stereocenters. The van der Waals surface area contributed by atoms with E-state index in [1.54, 1.807) is 0 Å². The number of hydrogen-bond donors (Lipinski definition) is 1. The quantitative estimate of drug-likeness (QED) is 0.681. The number of hydrogen-bond acceptors (Lipinski definition) is 4. The molecule has 0 bridgehead atoms. The van der Waals surface area contributed by atoms with Gasteiger partial charge in [0.1, 0.15) is 6.61 Å². The SMILES string of the molecule is CCCOCCOc1cccc(CNC)n1. The van der Waals surface area contributed by atoms with Crippen LogP contribution in [0.2, 0.25) is 0 Å². The molecule has 0 aromatic carbocycles. The highest BCUT2D eigenvalue weighted by Crippen LogP contribution is 2.07. The van der Waals surface area contributed by atoms with Crippen molar-refractivity contribution in [1.29, 1.82) is 0 Å². The van der Waals surface area contributed by atoms with Crippen LogP contribution < -0.4 is 10.1 Å². The largest absolute Gasteiger partial charge is 0.475 e. The highest BCUT2D eigenvalue weighted by Gasteiger charge is 1.97. The molecular weight excluding hydrogens is 204 g/mol. The summed E-state index contributed by atoms with van der Waals surface area (Å²) < 4.78 is 10.8. The Morgan fingerprint density at radius 2 is 2.12 bits per heavy atom. The van der Waals surface area contributed by atoms with E-state index in [2.05, 4.69) is 17.2 Å². The zero-order valence-electron chi connectivity index (χ0n) is 10.0. The van der Waals surface area contributed by atoms with Gasteiger partial charge in [0.15, 0.2) is 0 Å². The molecule has 1 heterocycles. The molecule has 0 aliphatic carbocycles. The molecule has 0 aliphatic rings. The van der Waals surface area contributed by atoms with Crippen molar-refractivity contribution in [3.8, 4) is 5.88 Å². The topological polar surface area (TPSA) is 43.4 Å². The normalized spacial score (nSPS) is 10.4. The van der Waals surface area contributed by atoms with Crippen molar-refractivity contribution in [3.05, 3.63) is 23.9 Å². The van der Waals surface area contributed by atoms with E-state index in [0.29, 0.717) is 19.1 Å². The first-order chi connectivity index (χ1) is 7.86. The second-order valence-corrected chi connectivity index (χ2v) is 3.46. The number of aromatic nitrogens is 1. The smallest absolute Gasteiger partial charge is 0.213 e. The van der Waals surface area contributed by atoms with Crippen LogP contribution in [0, 0.1) is 0 Å². The Morgan fingerprint density at radius 3 is 2.88 bits per heavy atom. The van der Waals surface area contributed by atoms with Gasteiger partial charge in [-0.3, -0.25) is 0 Å². The molecule has 0 radical (unpaired) electrons. The Hall–Kier alpha value is -1.13. The molecule has 0 saturated heterocycles. The lowest BCUT2D eigenvalue weighted by Gasteiger charge is -2.07. The van der Waals surface area contributed by atoms with Crippen LogP contribution in [-0.2, 0) is 11.3 Å². The molecule has 0 fully saturated rings. The molecule has 4 nitrogen and oxygen atoms in total. The average Bonchev–Trinajstić information content (AvgIpc) is 2.30. The zero-order valence-corrected chi connectivity index (χ0v) is 10.0. The Balaban J connectivity index is 2.27. The second-order valence-electron chi connectivity index (χ2n) is 3.46. The summed E-state index contributed by atoms with van der Waals surface area (Å²) in [4.78, 5) is 4.34. The maximum Gasteiger partial charge on any atom is 0.213 e. The molecule has 1 aromatic heterocycles. The van der Waals surface area contributed by atoms with Gasteiger partial charge in [-0.1, -0.05) is 13.0 Å². The van der Waals surface area contributed by atoms with Crippen LogP contribution in [0.4, 0.5) is 0 Å². The van der Waals surface area contributed by atoms with Crippen LogP contribution in [0.1, 0.15) is 19.0 Å². The minimum atomic E-state index is 0.552. The highest BCUT2D eigenvalue weighted by atomic mass is 16.5. The Kier molecular flexibility index (Phi) is 6.53. The van der Waals surface area contributed by atoms with Crippen LogP contribution in [0.5, 0.6) is 5.88 Å². The van der Waals surface area contributed by atoms with E-state index in [4.69, 9.17) is 9.47 Å². The number of ether oxygens (including phenoxy) is 2. The summed E-state index contributed by atoms with van der Waals surface area (Å²) in [7, 11) is 1.90. The Labute approximate surface area is 97.0 Å². The van der Waals surface area contributed by atoms with Crippen LogP contribution in [-0.4, -0.2) is 31.9 Å². The van der Waals surface area contributed by atoms with Crippen LogP contribution in [0.3, 0.4) is 0 Å². The molecular formula is C12H20N2O2. The van der Waals surface area contributed by atoms with Gasteiger partial charge in [0.05, 0.1) is 12.3 Å². The van der Waals surface area contributed by atoms with Crippen molar-refractivity contribution in [1.82, 2.24) is 10.3 Å². The molecule has 0 saturated carbocycles. The van der Waals surface area contributed by atoms with E-state index < -0.39 is 0 Å². The molecule has 4 heteroatoms. The zero-order chi connectivity index (χ0) is 11.6. The lowest BCUT2D eigenvalue weighted by molar-refractivity contribution is 0.0989. The van der Waals surface area contributed by atoms with E-state index in [0.717, 1.165) is 25.3 Å². The molecule has 0 spiro atoms. The molecule has 1 rings (SSSR count). The van der Waals surface area contributed by atoms with E-state index in [9.17, 15) is 0 Å². The third kappa shape index (κ3) is 5.09. The number of nitrogens with one attached hydrogen (secondary N) is 1. The summed E-state index contributed by atoms with van der Waals surface area (Å²) in [5.41, 5.74) is 0.981. The summed E-state index contributed by atoms with van der Waals surface area (Å²) in [5, 5.41) is 3.05. The molecule has 90 valence electrons. The summed E-state index contributed by atoms with van der Waals surface area (Å²) in [6.07, 6.45) is 1.04. The van der Waals surface area contributed by atoms with Crippen molar-refractivity contribution >= 4 is 0 Å². The van der Waals surface area contributed by atoms with Gasteiger partial charge in [0.2, 0.25) is 5.88 Å². The van der Waals surface area contributed by atoms with Crippen LogP contribution in [0.15, 0.2) is 18.2 Å². The molecule has 16 heavy (non-hydrogen) atoms. The van der Waals surface area contributed by atoms with E-state index in [1.807, 2.05) is 25.2 Å². The third-order valence-electron chi connectivity index (χ3n) is 1.97.